The van der Waals surface area contributed by atoms with Crippen LogP contribution in [-0.4, -0.2) is 53.6 Å². The van der Waals surface area contributed by atoms with Crippen molar-refractivity contribution in [3.05, 3.63) is 32.9 Å². The molecule has 1 fully saturated rings. The zero-order chi connectivity index (χ0) is 21.5. The number of nitrogens with one attached hydrogen (secondary N) is 2. The van der Waals surface area contributed by atoms with Gasteiger partial charge in [0.05, 0.1) is 22.9 Å². The summed E-state index contributed by atoms with van der Waals surface area (Å²) in [6.07, 6.45) is 3.26. The summed E-state index contributed by atoms with van der Waals surface area (Å²) in [4.78, 5) is 17.7. The quantitative estimate of drug-likeness (QED) is 0.289. The van der Waals surface area contributed by atoms with Gasteiger partial charge in [-0.3, -0.25) is 9.89 Å². The third-order valence-corrected chi connectivity index (χ3v) is 6.83. The van der Waals surface area contributed by atoms with E-state index in [-0.39, 0.29) is 24.0 Å². The van der Waals surface area contributed by atoms with Gasteiger partial charge in [0.1, 0.15) is 5.76 Å². The smallest absolute Gasteiger partial charge is 0.208 e. The zero-order valence-electron chi connectivity index (χ0n) is 19.5. The Morgan fingerprint density at radius 1 is 1.13 bits per heavy atom. The Kier molecular flexibility index (Phi) is 10.7. The SMILES string of the molecule is CCNC(=NCC1CCN(Cc2nc(C)c(C)o2)CC1)NCCc1nc(C)c(C)s1.I. The van der Waals surface area contributed by atoms with E-state index in [0.717, 1.165) is 74.7 Å². The largest absolute Gasteiger partial charge is 0.444 e. The van der Waals surface area contributed by atoms with E-state index in [9.17, 15) is 0 Å². The van der Waals surface area contributed by atoms with Crippen LogP contribution in [0, 0.1) is 33.6 Å². The maximum atomic E-state index is 5.73. The third-order valence-electron chi connectivity index (χ3n) is 5.69. The molecule has 174 valence electrons. The predicted octanol–water partition coefficient (Wildman–Crippen LogP) is 3.99. The molecule has 0 aromatic carbocycles. The van der Waals surface area contributed by atoms with Gasteiger partial charge in [0.25, 0.3) is 0 Å². The first-order chi connectivity index (χ1) is 14.4. The van der Waals surface area contributed by atoms with Gasteiger partial charge in [-0.05, 0) is 66.5 Å². The number of thiazole rings is 1. The lowest BCUT2D eigenvalue weighted by Gasteiger charge is -2.30. The summed E-state index contributed by atoms with van der Waals surface area (Å²) in [6, 6.07) is 0. The highest BCUT2D eigenvalue weighted by atomic mass is 127. The first kappa shape index (κ1) is 26.1. The van der Waals surface area contributed by atoms with Gasteiger partial charge in [0.15, 0.2) is 5.96 Å². The second-order valence-electron chi connectivity index (χ2n) is 8.11. The normalized spacial score (nSPS) is 15.7. The minimum Gasteiger partial charge on any atom is -0.444 e. The number of oxazole rings is 1. The van der Waals surface area contributed by atoms with Gasteiger partial charge in [0, 0.05) is 30.9 Å². The van der Waals surface area contributed by atoms with Crippen LogP contribution in [0.3, 0.4) is 0 Å². The van der Waals surface area contributed by atoms with E-state index < -0.39 is 0 Å². The van der Waals surface area contributed by atoms with Gasteiger partial charge in [0.2, 0.25) is 5.89 Å². The van der Waals surface area contributed by atoms with Crippen LogP contribution in [-0.2, 0) is 13.0 Å². The number of piperidine rings is 1. The highest BCUT2D eigenvalue weighted by Crippen LogP contribution is 2.20. The minimum atomic E-state index is 0. The monoisotopic (exact) mass is 560 g/mol. The van der Waals surface area contributed by atoms with Crippen molar-refractivity contribution in [2.75, 3.05) is 32.7 Å². The van der Waals surface area contributed by atoms with E-state index in [1.807, 2.05) is 13.8 Å². The molecule has 0 aliphatic carbocycles. The van der Waals surface area contributed by atoms with Gasteiger partial charge < -0.3 is 15.1 Å². The molecule has 1 saturated heterocycles. The van der Waals surface area contributed by atoms with Gasteiger partial charge >= 0.3 is 0 Å². The molecule has 0 radical (unpaired) electrons. The van der Waals surface area contributed by atoms with Crippen LogP contribution in [0.1, 0.15) is 52.7 Å². The van der Waals surface area contributed by atoms with Crippen LogP contribution in [0.25, 0.3) is 0 Å². The van der Waals surface area contributed by atoms with Crippen molar-refractivity contribution in [2.24, 2.45) is 10.9 Å². The van der Waals surface area contributed by atoms with Crippen molar-refractivity contribution < 1.29 is 4.42 Å². The molecule has 0 saturated carbocycles. The predicted molar refractivity (Wildman–Crippen MR) is 139 cm³/mol. The lowest BCUT2D eigenvalue weighted by Crippen LogP contribution is -2.39. The van der Waals surface area contributed by atoms with Crippen LogP contribution in [0.2, 0.25) is 0 Å². The van der Waals surface area contributed by atoms with Crippen molar-refractivity contribution in [3.63, 3.8) is 0 Å². The number of rotatable bonds is 8. The lowest BCUT2D eigenvalue weighted by atomic mass is 9.97. The zero-order valence-corrected chi connectivity index (χ0v) is 22.6. The Bertz CT molecular complexity index is 802. The number of guanidine groups is 1. The van der Waals surface area contributed by atoms with E-state index in [0.29, 0.717) is 5.92 Å². The average Bonchev–Trinajstić information content (AvgIpc) is 3.21. The summed E-state index contributed by atoms with van der Waals surface area (Å²) in [5.41, 5.74) is 2.15. The molecule has 2 aromatic rings. The maximum absolute atomic E-state index is 5.73. The second-order valence-corrected chi connectivity index (χ2v) is 9.40. The number of hydrogen-bond donors (Lipinski definition) is 2. The summed E-state index contributed by atoms with van der Waals surface area (Å²) in [5.74, 6) is 3.31. The van der Waals surface area contributed by atoms with E-state index >= 15 is 0 Å². The summed E-state index contributed by atoms with van der Waals surface area (Å²) < 4.78 is 5.73. The number of likely N-dealkylation sites (tertiary alicyclic amines) is 1. The van der Waals surface area contributed by atoms with Crippen molar-refractivity contribution in [3.8, 4) is 0 Å². The Balaban J connectivity index is 0.00000341. The Morgan fingerprint density at radius 2 is 1.87 bits per heavy atom. The van der Waals surface area contributed by atoms with Crippen LogP contribution in [0.4, 0.5) is 0 Å². The fourth-order valence-corrected chi connectivity index (χ4v) is 4.55. The van der Waals surface area contributed by atoms with E-state index in [2.05, 4.69) is 46.3 Å². The molecule has 1 aliphatic rings. The summed E-state index contributed by atoms with van der Waals surface area (Å²) in [7, 11) is 0. The van der Waals surface area contributed by atoms with Gasteiger partial charge in [-0.2, -0.15) is 0 Å². The molecule has 1 aliphatic heterocycles. The molecule has 2 aromatic heterocycles. The molecule has 3 heterocycles. The van der Waals surface area contributed by atoms with E-state index in [4.69, 9.17) is 9.41 Å². The van der Waals surface area contributed by atoms with Crippen LogP contribution < -0.4 is 10.6 Å². The van der Waals surface area contributed by atoms with Crippen molar-refractivity contribution in [2.45, 2.75) is 60.4 Å². The molecule has 0 unspecified atom stereocenters. The summed E-state index contributed by atoms with van der Waals surface area (Å²) >= 11 is 1.79. The highest BCUT2D eigenvalue weighted by molar-refractivity contribution is 14.0. The topological polar surface area (TPSA) is 78.6 Å². The fourth-order valence-electron chi connectivity index (χ4n) is 3.62. The molecule has 9 heteroatoms. The van der Waals surface area contributed by atoms with Crippen LogP contribution in [0.15, 0.2) is 9.41 Å². The van der Waals surface area contributed by atoms with Crippen molar-refractivity contribution >= 4 is 41.3 Å². The average molecular weight is 561 g/mol. The van der Waals surface area contributed by atoms with Crippen LogP contribution in [0.5, 0.6) is 0 Å². The molecule has 0 spiro atoms. The second kappa shape index (κ2) is 12.7. The van der Waals surface area contributed by atoms with Gasteiger partial charge in [-0.15, -0.1) is 35.3 Å². The number of aromatic nitrogens is 2. The molecular formula is C22H37IN6OS. The standard InChI is InChI=1S/C22H36N6OS.HI/c1-6-23-22(24-10-7-21-27-16(3)18(5)30-21)25-13-19-8-11-28(12-9-19)14-20-26-15(2)17(4)29-20;/h19H,6-14H2,1-5H3,(H2,23,24,25);1H. The van der Waals surface area contributed by atoms with Crippen LogP contribution >= 0.6 is 35.3 Å². The van der Waals surface area contributed by atoms with Gasteiger partial charge in [-0.1, -0.05) is 0 Å². The molecule has 2 N–H and O–H groups in total. The first-order valence-electron chi connectivity index (χ1n) is 11.0. The number of halogens is 1. The Hall–Kier alpha value is -1.20. The van der Waals surface area contributed by atoms with E-state index in [1.54, 1.807) is 11.3 Å². The Morgan fingerprint density at radius 3 is 2.45 bits per heavy atom. The Labute approximate surface area is 207 Å². The molecule has 0 amide bonds. The molecule has 7 nitrogen and oxygen atoms in total. The molecule has 3 rings (SSSR count). The molecular weight excluding hydrogens is 523 g/mol. The first-order valence-corrected chi connectivity index (χ1v) is 11.9. The number of nitrogens with zero attached hydrogens (tertiary/aromatic N) is 4. The molecule has 0 atom stereocenters. The highest BCUT2D eigenvalue weighted by Gasteiger charge is 2.21. The maximum Gasteiger partial charge on any atom is 0.208 e. The number of aryl methyl sites for hydroxylation is 4. The fraction of sp³-hybridized carbons (Fsp3) is 0.682. The lowest BCUT2D eigenvalue weighted by molar-refractivity contribution is 0.166. The number of hydrogen-bond acceptors (Lipinski definition) is 6. The summed E-state index contributed by atoms with van der Waals surface area (Å²) in [5, 5.41) is 8.02. The molecule has 0 bridgehead atoms. The summed E-state index contributed by atoms with van der Waals surface area (Å²) in [6.45, 7) is 15.9. The van der Waals surface area contributed by atoms with Gasteiger partial charge in [-0.25, -0.2) is 9.97 Å². The van der Waals surface area contributed by atoms with Crippen molar-refractivity contribution in [1.82, 2.24) is 25.5 Å². The third kappa shape index (κ3) is 8.02. The van der Waals surface area contributed by atoms with E-state index in [1.165, 1.54) is 22.7 Å². The number of aliphatic imine (C=N–C) groups is 1. The van der Waals surface area contributed by atoms with Crippen molar-refractivity contribution in [1.29, 1.82) is 0 Å². The molecule has 31 heavy (non-hydrogen) atoms. The minimum absolute atomic E-state index is 0.